The summed E-state index contributed by atoms with van der Waals surface area (Å²) in [7, 11) is 0. The van der Waals surface area contributed by atoms with Crippen molar-refractivity contribution in [1.29, 1.82) is 0 Å². The van der Waals surface area contributed by atoms with Gasteiger partial charge >= 0.3 is 0 Å². The number of nitrogens with one attached hydrogen (secondary N) is 1. The van der Waals surface area contributed by atoms with Gasteiger partial charge in [-0.15, -0.1) is 0 Å². The van der Waals surface area contributed by atoms with Gasteiger partial charge in [0.2, 0.25) is 0 Å². The zero-order valence-electron chi connectivity index (χ0n) is 10.5. The van der Waals surface area contributed by atoms with E-state index in [4.69, 9.17) is 5.73 Å². The van der Waals surface area contributed by atoms with Gasteiger partial charge in [-0.2, -0.15) is 0 Å². The third-order valence-corrected chi connectivity index (χ3v) is 3.12. The van der Waals surface area contributed by atoms with Gasteiger partial charge in [0.25, 0.3) is 11.5 Å². The van der Waals surface area contributed by atoms with Crippen LogP contribution in [-0.2, 0) is 0 Å². The van der Waals surface area contributed by atoms with Crippen LogP contribution in [0.25, 0.3) is 22.0 Å². The Balaban J connectivity index is 2.29. The lowest BCUT2D eigenvalue weighted by Crippen LogP contribution is -2.23. The van der Waals surface area contributed by atoms with E-state index < -0.39 is 11.5 Å². The van der Waals surface area contributed by atoms with Crippen LogP contribution in [0.3, 0.4) is 0 Å². The molecular weight excluding hydrogens is 254 g/mol. The highest BCUT2D eigenvalue weighted by molar-refractivity contribution is 5.97. The number of benzene rings is 1. The monoisotopic (exact) mass is 265 g/mol. The number of pyridine rings is 2. The maximum Gasteiger partial charge on any atom is 0.260 e. The number of hydrogen-bond acceptors (Lipinski definition) is 3. The number of carbonyl (C=O) groups is 1. The Morgan fingerprint density at radius 3 is 2.80 bits per heavy atom. The number of hydrogen-bond donors (Lipinski definition) is 2. The number of aromatic nitrogens is 2. The molecule has 0 fully saturated rings. The normalized spacial score (nSPS) is 10.6. The summed E-state index contributed by atoms with van der Waals surface area (Å²) in [6, 6.07) is 11.1. The lowest BCUT2D eigenvalue weighted by atomic mass is 10.0. The van der Waals surface area contributed by atoms with Gasteiger partial charge in [-0.3, -0.25) is 14.6 Å². The van der Waals surface area contributed by atoms with Crippen LogP contribution < -0.4 is 11.3 Å². The van der Waals surface area contributed by atoms with E-state index >= 15 is 0 Å². The second-order valence-corrected chi connectivity index (χ2v) is 4.38. The summed E-state index contributed by atoms with van der Waals surface area (Å²) in [4.78, 5) is 29.6. The third-order valence-electron chi connectivity index (χ3n) is 3.12. The molecule has 0 bridgehead atoms. The van der Waals surface area contributed by atoms with Gasteiger partial charge in [0.05, 0.1) is 5.69 Å². The van der Waals surface area contributed by atoms with E-state index in [1.807, 2.05) is 30.3 Å². The smallest absolute Gasteiger partial charge is 0.260 e. The number of carbonyl (C=O) groups excluding carboxylic acids is 1. The van der Waals surface area contributed by atoms with Gasteiger partial charge in [-0.1, -0.05) is 24.3 Å². The van der Waals surface area contributed by atoms with Crippen LogP contribution in [0.15, 0.2) is 53.6 Å². The Morgan fingerprint density at radius 1 is 1.20 bits per heavy atom. The van der Waals surface area contributed by atoms with Gasteiger partial charge in [0.1, 0.15) is 5.56 Å². The van der Waals surface area contributed by atoms with E-state index in [1.54, 1.807) is 6.20 Å². The highest BCUT2D eigenvalue weighted by atomic mass is 16.2. The molecule has 0 unspecified atom stereocenters. The van der Waals surface area contributed by atoms with Crippen LogP contribution in [0.2, 0.25) is 0 Å². The molecule has 0 radical (unpaired) electrons. The average Bonchev–Trinajstić information content (AvgIpc) is 2.47. The van der Waals surface area contributed by atoms with Crippen molar-refractivity contribution >= 4 is 16.7 Å². The molecule has 20 heavy (non-hydrogen) atoms. The Bertz CT molecular complexity index is 863. The highest BCUT2D eigenvalue weighted by Gasteiger charge is 2.11. The molecule has 0 aliphatic rings. The first kappa shape index (κ1) is 12.1. The molecule has 0 aliphatic heterocycles. The molecule has 0 spiro atoms. The summed E-state index contributed by atoms with van der Waals surface area (Å²) in [6.45, 7) is 0. The minimum absolute atomic E-state index is 0.0720. The number of nitrogens with two attached hydrogens (primary N) is 1. The number of rotatable bonds is 2. The fourth-order valence-corrected chi connectivity index (χ4v) is 2.15. The molecular formula is C15H11N3O2. The van der Waals surface area contributed by atoms with E-state index in [9.17, 15) is 9.59 Å². The largest absolute Gasteiger partial charge is 0.365 e. The minimum atomic E-state index is -0.756. The van der Waals surface area contributed by atoms with E-state index in [1.165, 1.54) is 12.3 Å². The van der Waals surface area contributed by atoms with Crippen molar-refractivity contribution in [2.75, 3.05) is 0 Å². The van der Waals surface area contributed by atoms with Crippen LogP contribution in [0, 0.1) is 0 Å². The van der Waals surface area contributed by atoms with Crippen molar-refractivity contribution < 1.29 is 4.79 Å². The van der Waals surface area contributed by atoms with E-state index in [2.05, 4.69) is 9.97 Å². The number of amides is 1. The summed E-state index contributed by atoms with van der Waals surface area (Å²) in [5.74, 6) is -0.756. The molecule has 0 saturated heterocycles. The Kier molecular flexibility index (Phi) is 2.80. The Morgan fingerprint density at radius 2 is 2.00 bits per heavy atom. The number of primary amides is 1. The third kappa shape index (κ3) is 1.95. The number of fused-ring (bicyclic) bond motifs is 1. The zero-order valence-corrected chi connectivity index (χ0v) is 10.5. The maximum absolute atomic E-state index is 11.5. The predicted molar refractivity (Wildman–Crippen MR) is 76.3 cm³/mol. The number of aromatic amines is 1. The Labute approximate surface area is 114 Å². The van der Waals surface area contributed by atoms with Crippen molar-refractivity contribution in [2.45, 2.75) is 0 Å². The highest BCUT2D eigenvalue weighted by Crippen LogP contribution is 2.25. The van der Waals surface area contributed by atoms with Crippen molar-refractivity contribution in [3.8, 4) is 11.3 Å². The van der Waals surface area contributed by atoms with Crippen molar-refractivity contribution in [2.24, 2.45) is 5.73 Å². The fraction of sp³-hybridized carbons (Fsp3) is 0. The first-order chi connectivity index (χ1) is 9.66. The molecule has 5 heteroatoms. The van der Waals surface area contributed by atoms with Crippen LogP contribution >= 0.6 is 0 Å². The van der Waals surface area contributed by atoms with E-state index in [0.29, 0.717) is 11.3 Å². The van der Waals surface area contributed by atoms with Crippen LogP contribution in [0.5, 0.6) is 0 Å². The predicted octanol–water partition coefficient (Wildman–Crippen LogP) is 1.69. The standard InChI is InChI=1S/C15H11N3O2/c16-14(19)12-7-10(8-18-15(12)20)13-11-4-2-1-3-9(11)5-6-17-13/h1-8H,(H2,16,19)(H,18,20). The summed E-state index contributed by atoms with van der Waals surface area (Å²) < 4.78 is 0. The molecule has 3 N–H and O–H groups in total. The van der Waals surface area contributed by atoms with E-state index in [0.717, 1.165) is 10.8 Å². The van der Waals surface area contributed by atoms with Gasteiger partial charge in [0.15, 0.2) is 0 Å². The quantitative estimate of drug-likeness (QED) is 0.739. The van der Waals surface area contributed by atoms with Crippen LogP contribution in [0.4, 0.5) is 0 Å². The van der Waals surface area contributed by atoms with Crippen LogP contribution in [0.1, 0.15) is 10.4 Å². The molecule has 2 heterocycles. The average molecular weight is 265 g/mol. The molecule has 0 aliphatic carbocycles. The summed E-state index contributed by atoms with van der Waals surface area (Å²) in [5.41, 5.74) is 5.97. The van der Waals surface area contributed by atoms with Crippen molar-refractivity contribution in [3.05, 3.63) is 64.7 Å². The summed E-state index contributed by atoms with van der Waals surface area (Å²) >= 11 is 0. The first-order valence-corrected chi connectivity index (χ1v) is 6.03. The second-order valence-electron chi connectivity index (χ2n) is 4.38. The lowest BCUT2D eigenvalue weighted by Gasteiger charge is -2.06. The molecule has 2 aromatic heterocycles. The van der Waals surface area contributed by atoms with Gasteiger partial charge < -0.3 is 10.7 Å². The summed E-state index contributed by atoms with van der Waals surface area (Å²) in [6.07, 6.45) is 3.22. The lowest BCUT2D eigenvalue weighted by molar-refractivity contribution is 0.0999. The molecule has 1 aromatic carbocycles. The number of H-pyrrole nitrogens is 1. The van der Waals surface area contributed by atoms with E-state index in [-0.39, 0.29) is 5.56 Å². The Hall–Kier alpha value is -2.95. The molecule has 3 aromatic rings. The molecule has 1 amide bonds. The molecule has 5 nitrogen and oxygen atoms in total. The first-order valence-electron chi connectivity index (χ1n) is 6.03. The maximum atomic E-state index is 11.5. The molecule has 0 atom stereocenters. The van der Waals surface area contributed by atoms with Crippen LogP contribution in [-0.4, -0.2) is 15.9 Å². The molecule has 98 valence electrons. The summed E-state index contributed by atoms with van der Waals surface area (Å²) in [5, 5.41) is 1.97. The molecule has 3 rings (SSSR count). The van der Waals surface area contributed by atoms with Gasteiger partial charge in [0, 0.05) is 23.3 Å². The number of nitrogens with zero attached hydrogens (tertiary/aromatic N) is 1. The minimum Gasteiger partial charge on any atom is -0.365 e. The van der Waals surface area contributed by atoms with Crippen molar-refractivity contribution in [1.82, 2.24) is 9.97 Å². The fourth-order valence-electron chi connectivity index (χ4n) is 2.15. The zero-order chi connectivity index (χ0) is 14.1. The van der Waals surface area contributed by atoms with Gasteiger partial charge in [-0.05, 0) is 17.5 Å². The molecule has 0 saturated carbocycles. The second kappa shape index (κ2) is 4.62. The van der Waals surface area contributed by atoms with Gasteiger partial charge in [-0.25, -0.2) is 0 Å². The SMILES string of the molecule is NC(=O)c1cc(-c2nccc3ccccc23)c[nH]c1=O. The topological polar surface area (TPSA) is 88.8 Å². The van der Waals surface area contributed by atoms with Crippen molar-refractivity contribution in [3.63, 3.8) is 0 Å².